The summed E-state index contributed by atoms with van der Waals surface area (Å²) in [6.07, 6.45) is 4.76. The van der Waals surface area contributed by atoms with Crippen molar-refractivity contribution in [3.8, 4) is 16.9 Å². The van der Waals surface area contributed by atoms with Gasteiger partial charge in [0.1, 0.15) is 18.4 Å². The van der Waals surface area contributed by atoms with Crippen LogP contribution in [0.3, 0.4) is 0 Å². The van der Waals surface area contributed by atoms with Crippen molar-refractivity contribution < 1.29 is 24.2 Å². The maximum Gasteiger partial charge on any atom is 0.407 e. The SMILES string of the molecule is O=C(N[C@@H](Cc1cc(Cl)ccc1OC1CCCCC1)C(=O)O)OCC1c2ccccc2-c2ccccc21. The van der Waals surface area contributed by atoms with Gasteiger partial charge in [-0.1, -0.05) is 66.6 Å². The minimum absolute atomic E-state index is 0.0299. The fourth-order valence-electron chi connectivity index (χ4n) is 5.39. The number of amides is 1. The van der Waals surface area contributed by atoms with Crippen LogP contribution in [0.1, 0.15) is 54.7 Å². The van der Waals surface area contributed by atoms with Crippen LogP contribution in [0.4, 0.5) is 4.79 Å². The van der Waals surface area contributed by atoms with Crippen LogP contribution in [0, 0.1) is 0 Å². The molecule has 192 valence electrons. The van der Waals surface area contributed by atoms with E-state index in [4.69, 9.17) is 21.1 Å². The number of ether oxygens (including phenoxy) is 2. The van der Waals surface area contributed by atoms with E-state index in [0.29, 0.717) is 16.3 Å². The summed E-state index contributed by atoms with van der Waals surface area (Å²) in [5.74, 6) is -0.654. The Bertz CT molecular complexity index is 1240. The summed E-state index contributed by atoms with van der Waals surface area (Å²) in [5, 5.41) is 12.9. The van der Waals surface area contributed by atoms with Gasteiger partial charge in [0.15, 0.2) is 0 Å². The van der Waals surface area contributed by atoms with E-state index in [-0.39, 0.29) is 25.0 Å². The van der Waals surface area contributed by atoms with Crippen LogP contribution in [-0.2, 0) is 16.0 Å². The molecular formula is C30H30ClNO5. The smallest absolute Gasteiger partial charge is 0.407 e. The number of carbonyl (C=O) groups is 2. The van der Waals surface area contributed by atoms with Crippen molar-refractivity contribution in [2.45, 2.75) is 56.6 Å². The molecule has 5 rings (SSSR count). The van der Waals surface area contributed by atoms with Crippen molar-refractivity contribution >= 4 is 23.7 Å². The van der Waals surface area contributed by atoms with Gasteiger partial charge in [-0.05, 0) is 71.7 Å². The lowest BCUT2D eigenvalue weighted by Crippen LogP contribution is -2.43. The highest BCUT2D eigenvalue weighted by molar-refractivity contribution is 6.30. The molecule has 0 aliphatic heterocycles. The Hall–Kier alpha value is -3.51. The van der Waals surface area contributed by atoms with Crippen LogP contribution < -0.4 is 10.1 Å². The molecule has 0 bridgehead atoms. The van der Waals surface area contributed by atoms with Crippen molar-refractivity contribution in [2.75, 3.05) is 6.61 Å². The first-order valence-corrected chi connectivity index (χ1v) is 13.2. The Balaban J connectivity index is 1.26. The summed E-state index contributed by atoms with van der Waals surface area (Å²) in [6.45, 7) is 0.111. The van der Waals surface area contributed by atoms with Crippen LogP contribution in [0.2, 0.25) is 5.02 Å². The minimum atomic E-state index is -1.19. The number of halogens is 1. The normalized spacial score (nSPS) is 15.9. The fraction of sp³-hybridized carbons (Fsp3) is 0.333. The Labute approximate surface area is 221 Å². The molecule has 1 saturated carbocycles. The van der Waals surface area contributed by atoms with Gasteiger partial charge in [0, 0.05) is 17.4 Å². The average molecular weight is 520 g/mol. The molecule has 0 radical (unpaired) electrons. The third-order valence-corrected chi connectivity index (χ3v) is 7.46. The quantitative estimate of drug-likeness (QED) is 0.351. The molecule has 2 N–H and O–H groups in total. The predicted octanol–water partition coefficient (Wildman–Crippen LogP) is 6.59. The van der Waals surface area contributed by atoms with Crippen LogP contribution in [0.25, 0.3) is 11.1 Å². The Morgan fingerprint density at radius 1 is 0.946 bits per heavy atom. The molecule has 0 saturated heterocycles. The van der Waals surface area contributed by atoms with Gasteiger partial charge in [-0.15, -0.1) is 0 Å². The zero-order chi connectivity index (χ0) is 25.8. The monoisotopic (exact) mass is 519 g/mol. The molecule has 3 aromatic rings. The molecule has 6 nitrogen and oxygen atoms in total. The first kappa shape index (κ1) is 25.2. The highest BCUT2D eigenvalue weighted by Crippen LogP contribution is 2.44. The Morgan fingerprint density at radius 3 is 2.24 bits per heavy atom. The van der Waals surface area contributed by atoms with E-state index in [9.17, 15) is 14.7 Å². The fourth-order valence-corrected chi connectivity index (χ4v) is 5.58. The lowest BCUT2D eigenvalue weighted by atomic mass is 9.97. The summed E-state index contributed by atoms with van der Waals surface area (Å²) in [6, 6.07) is 20.1. The second-order valence-electron chi connectivity index (χ2n) is 9.69. The van der Waals surface area contributed by atoms with E-state index >= 15 is 0 Å². The molecule has 2 aliphatic carbocycles. The van der Waals surface area contributed by atoms with Crippen molar-refractivity contribution in [3.63, 3.8) is 0 Å². The number of hydrogen-bond donors (Lipinski definition) is 2. The molecule has 0 unspecified atom stereocenters. The van der Waals surface area contributed by atoms with Gasteiger partial charge in [0.2, 0.25) is 0 Å². The molecule has 2 aliphatic rings. The predicted molar refractivity (Wildman–Crippen MR) is 142 cm³/mol. The Morgan fingerprint density at radius 2 is 1.59 bits per heavy atom. The molecular weight excluding hydrogens is 490 g/mol. The molecule has 3 aromatic carbocycles. The number of hydrogen-bond acceptors (Lipinski definition) is 4. The van der Waals surface area contributed by atoms with Crippen molar-refractivity contribution in [1.82, 2.24) is 5.32 Å². The molecule has 1 amide bonds. The molecule has 1 atom stereocenters. The van der Waals surface area contributed by atoms with Crippen molar-refractivity contribution in [2.24, 2.45) is 0 Å². The van der Waals surface area contributed by atoms with Gasteiger partial charge in [-0.3, -0.25) is 0 Å². The van der Waals surface area contributed by atoms with Crippen LogP contribution in [0.5, 0.6) is 5.75 Å². The maximum atomic E-state index is 12.7. The summed E-state index contributed by atoms with van der Waals surface area (Å²) >= 11 is 6.22. The van der Waals surface area contributed by atoms with Crippen molar-refractivity contribution in [1.29, 1.82) is 0 Å². The number of aliphatic carboxylic acids is 1. The van der Waals surface area contributed by atoms with E-state index in [2.05, 4.69) is 17.4 Å². The van der Waals surface area contributed by atoms with E-state index < -0.39 is 18.1 Å². The topological polar surface area (TPSA) is 84.9 Å². The van der Waals surface area contributed by atoms with Crippen LogP contribution >= 0.6 is 11.6 Å². The zero-order valence-corrected chi connectivity index (χ0v) is 21.2. The van der Waals surface area contributed by atoms with Gasteiger partial charge in [0.05, 0.1) is 6.10 Å². The molecule has 7 heteroatoms. The number of fused-ring (bicyclic) bond motifs is 3. The van der Waals surface area contributed by atoms with E-state index in [1.807, 2.05) is 36.4 Å². The van der Waals surface area contributed by atoms with Crippen molar-refractivity contribution in [3.05, 3.63) is 88.4 Å². The molecule has 0 heterocycles. The third-order valence-electron chi connectivity index (χ3n) is 7.23. The highest BCUT2D eigenvalue weighted by Gasteiger charge is 2.30. The van der Waals surface area contributed by atoms with Crippen LogP contribution in [-0.4, -0.2) is 35.9 Å². The number of rotatable bonds is 8. The van der Waals surface area contributed by atoms with Gasteiger partial charge in [0.25, 0.3) is 0 Å². The second-order valence-corrected chi connectivity index (χ2v) is 10.1. The van der Waals surface area contributed by atoms with Gasteiger partial charge >= 0.3 is 12.1 Å². The average Bonchev–Trinajstić information content (AvgIpc) is 3.23. The number of alkyl carbamates (subject to hydrolysis) is 1. The Kier molecular flexibility index (Phi) is 7.65. The number of nitrogens with one attached hydrogen (secondary N) is 1. The van der Waals surface area contributed by atoms with Gasteiger partial charge in [-0.2, -0.15) is 0 Å². The van der Waals surface area contributed by atoms with Gasteiger partial charge in [-0.25, -0.2) is 9.59 Å². The van der Waals surface area contributed by atoms with E-state index in [1.165, 1.54) is 6.42 Å². The first-order valence-electron chi connectivity index (χ1n) is 12.8. The minimum Gasteiger partial charge on any atom is -0.490 e. The number of benzene rings is 3. The number of carbonyl (C=O) groups excluding carboxylic acids is 1. The zero-order valence-electron chi connectivity index (χ0n) is 20.5. The standard InChI is InChI=1S/C30H30ClNO5/c31-20-14-15-28(37-21-8-2-1-3-9-21)19(16-20)17-27(29(33)34)32-30(35)36-18-26-24-12-6-4-10-22(24)23-11-5-7-13-25(23)26/h4-7,10-16,21,26-27H,1-3,8-9,17-18H2,(H,32,35)(H,33,34)/t27-/m0/s1. The summed E-state index contributed by atoms with van der Waals surface area (Å²) in [4.78, 5) is 24.8. The highest BCUT2D eigenvalue weighted by atomic mass is 35.5. The lowest BCUT2D eigenvalue weighted by molar-refractivity contribution is -0.139. The maximum absolute atomic E-state index is 12.7. The first-order chi connectivity index (χ1) is 18.0. The molecule has 0 spiro atoms. The summed E-state index contributed by atoms with van der Waals surface area (Å²) in [7, 11) is 0. The summed E-state index contributed by atoms with van der Waals surface area (Å²) in [5.41, 5.74) is 5.08. The lowest BCUT2D eigenvalue weighted by Gasteiger charge is -2.25. The van der Waals surface area contributed by atoms with Crippen LogP contribution in [0.15, 0.2) is 66.7 Å². The molecule has 37 heavy (non-hydrogen) atoms. The summed E-state index contributed by atoms with van der Waals surface area (Å²) < 4.78 is 11.8. The largest absolute Gasteiger partial charge is 0.490 e. The molecule has 0 aromatic heterocycles. The van der Waals surface area contributed by atoms with Gasteiger partial charge < -0.3 is 19.9 Å². The van der Waals surface area contributed by atoms with E-state index in [0.717, 1.165) is 47.9 Å². The number of carboxylic acid groups (broad SMARTS) is 1. The van der Waals surface area contributed by atoms with E-state index in [1.54, 1.807) is 18.2 Å². The third kappa shape index (κ3) is 5.75. The molecule has 1 fully saturated rings. The number of carboxylic acids is 1. The second kappa shape index (κ2) is 11.3.